The third-order valence-electron chi connectivity index (χ3n) is 5.15. The van der Waals surface area contributed by atoms with Crippen molar-refractivity contribution in [3.05, 3.63) is 47.8 Å². The monoisotopic (exact) mass is 382 g/mol. The van der Waals surface area contributed by atoms with Gasteiger partial charge in [-0.1, -0.05) is 12.1 Å². The average molecular weight is 382 g/mol. The van der Waals surface area contributed by atoms with Gasteiger partial charge in [0.15, 0.2) is 0 Å². The molecule has 3 aromatic rings. The summed E-state index contributed by atoms with van der Waals surface area (Å²) in [6, 6.07) is 10.2. The number of thiophene rings is 1. The van der Waals surface area contributed by atoms with E-state index in [1.165, 1.54) is 23.5 Å². The minimum absolute atomic E-state index is 0.254. The summed E-state index contributed by atoms with van der Waals surface area (Å²) in [7, 11) is 2.12. The van der Waals surface area contributed by atoms with Crippen molar-refractivity contribution in [3.8, 4) is 5.75 Å². The first-order valence-electron chi connectivity index (χ1n) is 8.94. The van der Waals surface area contributed by atoms with Gasteiger partial charge in [-0.05, 0) is 31.3 Å². The number of aliphatic imine (C=N–C) groups is 1. The molecule has 1 saturated heterocycles. The number of amidine groups is 1. The summed E-state index contributed by atoms with van der Waals surface area (Å²) < 4.78 is 14.6. The van der Waals surface area contributed by atoms with Crippen LogP contribution in [0.15, 0.2) is 41.4 Å². The van der Waals surface area contributed by atoms with Crippen LogP contribution in [-0.4, -0.2) is 54.0 Å². The topological polar surface area (TPSA) is 51.1 Å². The minimum Gasteiger partial charge on any atom is -0.506 e. The van der Waals surface area contributed by atoms with Gasteiger partial charge < -0.3 is 20.2 Å². The van der Waals surface area contributed by atoms with Crippen LogP contribution in [0.2, 0.25) is 0 Å². The number of anilines is 2. The molecule has 0 unspecified atom stereocenters. The first kappa shape index (κ1) is 16.5. The predicted octanol–water partition coefficient (Wildman–Crippen LogP) is 4.13. The minimum atomic E-state index is -0.301. The van der Waals surface area contributed by atoms with Crippen molar-refractivity contribution in [1.82, 2.24) is 9.80 Å². The Morgan fingerprint density at radius 2 is 1.96 bits per heavy atom. The highest BCUT2D eigenvalue weighted by atomic mass is 32.1. The van der Waals surface area contributed by atoms with E-state index in [4.69, 9.17) is 4.99 Å². The number of likely N-dealkylation sites (N-methyl/N-ethyl adjacent to an activating group) is 1. The zero-order valence-electron chi connectivity index (χ0n) is 14.9. The first-order valence-corrected chi connectivity index (χ1v) is 9.75. The van der Waals surface area contributed by atoms with Crippen LogP contribution in [0.4, 0.5) is 20.8 Å². The van der Waals surface area contributed by atoms with E-state index in [2.05, 4.69) is 22.2 Å². The Bertz CT molecular complexity index is 1070. The van der Waals surface area contributed by atoms with Gasteiger partial charge in [-0.3, -0.25) is 0 Å². The van der Waals surface area contributed by atoms with Crippen LogP contribution < -0.4 is 5.32 Å². The summed E-state index contributed by atoms with van der Waals surface area (Å²) in [6.07, 6.45) is 0. The number of rotatable bonds is 0. The fraction of sp³-hybridized carbons (Fsp3) is 0.250. The molecule has 138 valence electrons. The SMILES string of the molecule is CN1CCN(C2=Nc3ccc(F)cc3Nc3sc4c(O)cccc4c32)CC1. The number of hydrogen-bond acceptors (Lipinski definition) is 6. The largest absolute Gasteiger partial charge is 0.506 e. The molecule has 2 aliphatic rings. The van der Waals surface area contributed by atoms with E-state index in [9.17, 15) is 9.50 Å². The molecule has 0 bridgehead atoms. The van der Waals surface area contributed by atoms with Gasteiger partial charge in [-0.15, -0.1) is 11.3 Å². The van der Waals surface area contributed by atoms with E-state index in [0.717, 1.165) is 58.4 Å². The van der Waals surface area contributed by atoms with Crippen molar-refractivity contribution in [2.45, 2.75) is 0 Å². The van der Waals surface area contributed by atoms with Gasteiger partial charge in [0.25, 0.3) is 0 Å². The molecule has 2 aromatic carbocycles. The average Bonchev–Trinajstić information content (AvgIpc) is 2.93. The third-order valence-corrected chi connectivity index (χ3v) is 6.30. The van der Waals surface area contributed by atoms with Crippen molar-refractivity contribution < 1.29 is 9.50 Å². The Kier molecular flexibility index (Phi) is 3.80. The van der Waals surface area contributed by atoms with Gasteiger partial charge in [-0.25, -0.2) is 9.38 Å². The lowest BCUT2D eigenvalue weighted by atomic mass is 10.1. The zero-order chi connectivity index (χ0) is 18.5. The van der Waals surface area contributed by atoms with Gasteiger partial charge in [-0.2, -0.15) is 0 Å². The Labute approximate surface area is 160 Å². The van der Waals surface area contributed by atoms with Crippen LogP contribution in [0.5, 0.6) is 5.75 Å². The second-order valence-electron chi connectivity index (χ2n) is 6.97. The van der Waals surface area contributed by atoms with Crippen LogP contribution >= 0.6 is 11.3 Å². The van der Waals surface area contributed by atoms with E-state index in [1.54, 1.807) is 12.1 Å². The maximum Gasteiger partial charge on any atom is 0.140 e. The normalized spacial score (nSPS) is 17.1. The third kappa shape index (κ3) is 2.74. The molecule has 0 spiro atoms. The van der Waals surface area contributed by atoms with E-state index >= 15 is 0 Å². The number of benzene rings is 2. The zero-order valence-corrected chi connectivity index (χ0v) is 15.7. The van der Waals surface area contributed by atoms with Crippen LogP contribution in [0.3, 0.4) is 0 Å². The fourth-order valence-corrected chi connectivity index (χ4v) is 4.78. The summed E-state index contributed by atoms with van der Waals surface area (Å²) in [6.45, 7) is 3.68. The van der Waals surface area contributed by atoms with Crippen molar-refractivity contribution in [2.75, 3.05) is 38.5 Å². The number of halogens is 1. The predicted molar refractivity (Wildman–Crippen MR) is 108 cm³/mol. The van der Waals surface area contributed by atoms with E-state index < -0.39 is 0 Å². The molecule has 3 heterocycles. The lowest BCUT2D eigenvalue weighted by Crippen LogP contribution is -2.47. The lowest BCUT2D eigenvalue weighted by Gasteiger charge is -2.34. The summed E-state index contributed by atoms with van der Waals surface area (Å²) in [5.41, 5.74) is 2.35. The van der Waals surface area contributed by atoms with Gasteiger partial charge >= 0.3 is 0 Å². The van der Waals surface area contributed by atoms with E-state index in [1.807, 2.05) is 12.1 Å². The molecule has 27 heavy (non-hydrogen) atoms. The molecule has 2 N–H and O–H groups in total. The van der Waals surface area contributed by atoms with E-state index in [-0.39, 0.29) is 11.6 Å². The molecular weight excluding hydrogens is 363 g/mol. The van der Waals surface area contributed by atoms with Crippen molar-refractivity contribution in [1.29, 1.82) is 0 Å². The fourth-order valence-electron chi connectivity index (χ4n) is 3.66. The standard InChI is InChI=1S/C20H19FN4OS/c1-24-7-9-25(10-8-24)19-17-13-3-2-4-16(26)18(13)27-20(17)23-15-11-12(21)5-6-14(15)22-19/h2-6,11,23,26H,7-10H2,1H3. The number of hydrogen-bond donors (Lipinski definition) is 2. The number of piperazine rings is 1. The maximum atomic E-state index is 13.8. The molecule has 0 radical (unpaired) electrons. The number of phenolic OH excluding ortho intramolecular Hbond substituents is 1. The summed E-state index contributed by atoms with van der Waals surface area (Å²) >= 11 is 1.48. The Morgan fingerprint density at radius 3 is 2.78 bits per heavy atom. The summed E-state index contributed by atoms with van der Waals surface area (Å²) in [5.74, 6) is 0.836. The van der Waals surface area contributed by atoms with Gasteiger partial charge in [0.05, 0.1) is 21.6 Å². The van der Waals surface area contributed by atoms with Gasteiger partial charge in [0, 0.05) is 31.6 Å². The Hall–Kier alpha value is -2.64. The van der Waals surface area contributed by atoms with Crippen LogP contribution in [0, 0.1) is 5.82 Å². The smallest absolute Gasteiger partial charge is 0.140 e. The highest BCUT2D eigenvalue weighted by Gasteiger charge is 2.28. The van der Waals surface area contributed by atoms with Crippen LogP contribution in [0.25, 0.3) is 10.1 Å². The second-order valence-corrected chi connectivity index (χ2v) is 7.99. The summed E-state index contributed by atoms with van der Waals surface area (Å²) in [4.78, 5) is 9.53. The van der Waals surface area contributed by atoms with Crippen molar-refractivity contribution in [3.63, 3.8) is 0 Å². The highest BCUT2D eigenvalue weighted by molar-refractivity contribution is 7.23. The Morgan fingerprint density at radius 1 is 1.15 bits per heavy atom. The van der Waals surface area contributed by atoms with Crippen LogP contribution in [0.1, 0.15) is 5.56 Å². The maximum absolute atomic E-state index is 13.8. The number of phenols is 1. The van der Waals surface area contributed by atoms with Gasteiger partial charge in [0.1, 0.15) is 22.4 Å². The number of nitrogens with one attached hydrogen (secondary N) is 1. The van der Waals surface area contributed by atoms with Crippen LogP contribution in [-0.2, 0) is 0 Å². The molecule has 0 amide bonds. The van der Waals surface area contributed by atoms with Crippen molar-refractivity contribution in [2.24, 2.45) is 4.99 Å². The summed E-state index contributed by atoms with van der Waals surface area (Å²) in [5, 5.41) is 15.5. The quantitative estimate of drug-likeness (QED) is 0.614. The number of fused-ring (bicyclic) bond motifs is 4. The molecule has 5 rings (SSSR count). The Balaban J connectivity index is 1.74. The molecule has 1 aromatic heterocycles. The number of nitrogens with zero attached hydrogens (tertiary/aromatic N) is 3. The second kappa shape index (κ2) is 6.21. The molecular formula is C20H19FN4OS. The lowest BCUT2D eigenvalue weighted by molar-refractivity contribution is 0.216. The molecule has 0 aliphatic carbocycles. The highest BCUT2D eigenvalue weighted by Crippen LogP contribution is 2.45. The molecule has 0 saturated carbocycles. The molecule has 0 atom stereocenters. The molecule has 7 heteroatoms. The number of aromatic hydroxyl groups is 1. The molecule has 5 nitrogen and oxygen atoms in total. The van der Waals surface area contributed by atoms with Gasteiger partial charge in [0.2, 0.25) is 0 Å². The molecule has 1 fully saturated rings. The van der Waals surface area contributed by atoms with Crippen molar-refractivity contribution >= 4 is 43.6 Å². The molecule has 2 aliphatic heterocycles. The van der Waals surface area contributed by atoms with E-state index in [0.29, 0.717) is 5.69 Å². The first-order chi connectivity index (χ1) is 13.1.